The fourth-order valence-corrected chi connectivity index (χ4v) is 3.19. The van der Waals surface area contributed by atoms with Crippen LogP contribution < -0.4 is 5.32 Å². The van der Waals surface area contributed by atoms with Crippen LogP contribution in [0.25, 0.3) is 0 Å². The third-order valence-electron chi connectivity index (χ3n) is 4.32. The highest BCUT2D eigenvalue weighted by Crippen LogP contribution is 2.34. The van der Waals surface area contributed by atoms with Gasteiger partial charge < -0.3 is 5.32 Å². The van der Waals surface area contributed by atoms with E-state index in [4.69, 9.17) is 0 Å². The summed E-state index contributed by atoms with van der Waals surface area (Å²) in [7, 11) is 1.93. The van der Waals surface area contributed by atoms with Crippen molar-refractivity contribution in [2.24, 2.45) is 12.5 Å². The zero-order valence-corrected chi connectivity index (χ0v) is 12.1. The van der Waals surface area contributed by atoms with Crippen LogP contribution in [0.5, 0.6) is 0 Å². The first-order valence-electron chi connectivity index (χ1n) is 7.39. The Morgan fingerprint density at radius 2 is 2.42 bits per heavy atom. The summed E-state index contributed by atoms with van der Waals surface area (Å²) >= 11 is 0. The maximum Gasteiger partial charge on any atom is 0.140 e. The van der Waals surface area contributed by atoms with E-state index in [0.29, 0.717) is 12.2 Å². The second kappa shape index (κ2) is 6.33. The molecule has 19 heavy (non-hydrogen) atoms. The van der Waals surface area contributed by atoms with Crippen LogP contribution in [0.1, 0.15) is 44.7 Å². The second-order valence-electron chi connectivity index (χ2n) is 5.68. The van der Waals surface area contributed by atoms with Gasteiger partial charge in [0.2, 0.25) is 0 Å². The molecule has 1 fully saturated rings. The van der Waals surface area contributed by atoms with Gasteiger partial charge in [-0.2, -0.15) is 5.10 Å². The van der Waals surface area contributed by atoms with E-state index in [1.54, 1.807) is 6.20 Å². The first-order chi connectivity index (χ1) is 9.18. The summed E-state index contributed by atoms with van der Waals surface area (Å²) in [4.78, 5) is 12.6. The van der Waals surface area contributed by atoms with E-state index < -0.39 is 0 Å². The van der Waals surface area contributed by atoms with E-state index >= 15 is 0 Å². The number of carbonyl (C=O) groups is 1. The van der Waals surface area contributed by atoms with Gasteiger partial charge >= 0.3 is 0 Å². The maximum absolute atomic E-state index is 12.6. The van der Waals surface area contributed by atoms with Gasteiger partial charge in [-0.15, -0.1) is 0 Å². The molecule has 1 aliphatic heterocycles. The molecule has 1 aliphatic rings. The Bertz CT molecular complexity index is 413. The Kier molecular flexibility index (Phi) is 4.75. The predicted octanol–water partition coefficient (Wildman–Crippen LogP) is 2.09. The van der Waals surface area contributed by atoms with Crippen molar-refractivity contribution >= 4 is 5.78 Å². The molecular weight excluding hydrogens is 238 g/mol. The molecule has 2 heterocycles. The van der Waals surface area contributed by atoms with E-state index in [2.05, 4.69) is 17.3 Å². The number of hydrogen-bond acceptors (Lipinski definition) is 3. The fourth-order valence-electron chi connectivity index (χ4n) is 3.19. The van der Waals surface area contributed by atoms with Crippen molar-refractivity contribution in [3.63, 3.8) is 0 Å². The van der Waals surface area contributed by atoms with Crippen LogP contribution in [0, 0.1) is 5.41 Å². The van der Waals surface area contributed by atoms with Gasteiger partial charge in [0, 0.05) is 37.3 Å². The first kappa shape index (κ1) is 14.3. The van der Waals surface area contributed by atoms with Crippen molar-refractivity contribution in [2.75, 3.05) is 13.1 Å². The first-order valence-corrected chi connectivity index (χ1v) is 7.39. The minimum atomic E-state index is -0.106. The van der Waals surface area contributed by atoms with Gasteiger partial charge in [0.25, 0.3) is 0 Å². The van der Waals surface area contributed by atoms with Gasteiger partial charge in [0.05, 0.1) is 0 Å². The average Bonchev–Trinajstić information content (AvgIpc) is 2.83. The molecule has 106 valence electrons. The Hall–Kier alpha value is -1.16. The van der Waals surface area contributed by atoms with Crippen molar-refractivity contribution in [3.05, 3.63) is 18.0 Å². The normalized spacial score (nSPS) is 23.5. The highest BCUT2D eigenvalue weighted by Gasteiger charge is 2.37. The van der Waals surface area contributed by atoms with Crippen LogP contribution in [-0.2, 0) is 18.3 Å². The molecule has 0 radical (unpaired) electrons. The highest BCUT2D eigenvalue weighted by atomic mass is 16.1. The zero-order chi connectivity index (χ0) is 13.7. The molecule has 1 N–H and O–H groups in total. The molecule has 1 atom stereocenters. The summed E-state index contributed by atoms with van der Waals surface area (Å²) in [5.41, 5.74) is 1.04. The van der Waals surface area contributed by atoms with Gasteiger partial charge in [0.1, 0.15) is 5.78 Å². The molecule has 0 saturated carbocycles. The molecule has 0 aliphatic carbocycles. The van der Waals surface area contributed by atoms with Gasteiger partial charge in [-0.1, -0.05) is 13.3 Å². The van der Waals surface area contributed by atoms with Crippen LogP contribution in [0.3, 0.4) is 0 Å². The Morgan fingerprint density at radius 3 is 3.00 bits per heavy atom. The molecular formula is C15H25N3O. The SMILES string of the molecule is CCCC1(C(=O)CCc2ccnn2C)CCCNC1. The lowest BCUT2D eigenvalue weighted by Gasteiger charge is -2.36. The van der Waals surface area contributed by atoms with E-state index in [9.17, 15) is 4.79 Å². The van der Waals surface area contributed by atoms with Gasteiger partial charge in [-0.05, 0) is 38.3 Å². The Morgan fingerprint density at radius 1 is 1.58 bits per heavy atom. The minimum Gasteiger partial charge on any atom is -0.316 e. The lowest BCUT2D eigenvalue weighted by molar-refractivity contribution is -0.130. The summed E-state index contributed by atoms with van der Waals surface area (Å²) in [5, 5.41) is 7.56. The number of hydrogen-bond donors (Lipinski definition) is 1. The molecule has 2 rings (SSSR count). The van der Waals surface area contributed by atoms with Crippen molar-refractivity contribution in [1.29, 1.82) is 0 Å². The van der Waals surface area contributed by atoms with E-state index in [-0.39, 0.29) is 5.41 Å². The lowest BCUT2D eigenvalue weighted by Crippen LogP contribution is -2.45. The number of aromatic nitrogens is 2. The van der Waals surface area contributed by atoms with Crippen LogP contribution in [0.2, 0.25) is 0 Å². The topological polar surface area (TPSA) is 46.9 Å². The summed E-state index contributed by atoms with van der Waals surface area (Å²) in [6.45, 7) is 4.09. The third kappa shape index (κ3) is 3.24. The Balaban J connectivity index is 1.97. The molecule has 0 aromatic carbocycles. The molecule has 1 aromatic rings. The molecule has 4 heteroatoms. The van der Waals surface area contributed by atoms with Crippen molar-refractivity contribution in [3.8, 4) is 0 Å². The summed E-state index contributed by atoms with van der Waals surface area (Å²) < 4.78 is 1.86. The van der Waals surface area contributed by atoms with Crippen LogP contribution >= 0.6 is 0 Å². The predicted molar refractivity (Wildman–Crippen MR) is 76.0 cm³/mol. The zero-order valence-electron chi connectivity index (χ0n) is 12.1. The number of Topliss-reactive ketones (excluding diaryl/α,β-unsaturated/α-hetero) is 1. The fraction of sp³-hybridized carbons (Fsp3) is 0.733. The van der Waals surface area contributed by atoms with Crippen LogP contribution in [0.4, 0.5) is 0 Å². The standard InChI is InChI=1S/C15H25N3O/c1-3-8-15(9-4-10-16-12-15)14(19)6-5-13-7-11-17-18(13)2/h7,11,16H,3-6,8-10,12H2,1-2H3. The van der Waals surface area contributed by atoms with Crippen LogP contribution in [-0.4, -0.2) is 28.7 Å². The maximum atomic E-state index is 12.6. The lowest BCUT2D eigenvalue weighted by atomic mass is 9.72. The molecule has 1 unspecified atom stereocenters. The largest absolute Gasteiger partial charge is 0.316 e. The average molecular weight is 263 g/mol. The van der Waals surface area contributed by atoms with Crippen LogP contribution in [0.15, 0.2) is 12.3 Å². The smallest absolute Gasteiger partial charge is 0.140 e. The summed E-state index contributed by atoms with van der Waals surface area (Å²) in [5.74, 6) is 0.433. The van der Waals surface area contributed by atoms with Gasteiger partial charge in [0.15, 0.2) is 0 Å². The van der Waals surface area contributed by atoms with Crippen molar-refractivity contribution in [2.45, 2.75) is 45.4 Å². The summed E-state index contributed by atoms with van der Waals surface area (Å²) in [6.07, 6.45) is 7.52. The number of nitrogens with zero attached hydrogens (tertiary/aromatic N) is 2. The van der Waals surface area contributed by atoms with Crippen molar-refractivity contribution < 1.29 is 4.79 Å². The molecule has 0 amide bonds. The number of nitrogens with one attached hydrogen (secondary N) is 1. The van der Waals surface area contributed by atoms with E-state index in [1.807, 2.05) is 17.8 Å². The quantitative estimate of drug-likeness (QED) is 0.855. The molecule has 0 spiro atoms. The number of rotatable bonds is 6. The number of ketones is 1. The molecule has 4 nitrogen and oxygen atoms in total. The highest BCUT2D eigenvalue weighted by molar-refractivity contribution is 5.85. The van der Waals surface area contributed by atoms with E-state index in [0.717, 1.165) is 50.9 Å². The minimum absolute atomic E-state index is 0.106. The van der Waals surface area contributed by atoms with E-state index in [1.165, 1.54) is 0 Å². The van der Waals surface area contributed by atoms with Gasteiger partial charge in [-0.25, -0.2) is 0 Å². The molecule has 1 saturated heterocycles. The number of carbonyl (C=O) groups excluding carboxylic acids is 1. The second-order valence-corrected chi connectivity index (χ2v) is 5.68. The number of piperidine rings is 1. The number of aryl methyl sites for hydroxylation is 2. The molecule has 0 bridgehead atoms. The monoisotopic (exact) mass is 263 g/mol. The summed E-state index contributed by atoms with van der Waals surface area (Å²) in [6, 6.07) is 2.00. The Labute approximate surface area is 115 Å². The third-order valence-corrected chi connectivity index (χ3v) is 4.32. The molecule has 1 aromatic heterocycles. The van der Waals surface area contributed by atoms with Crippen molar-refractivity contribution in [1.82, 2.24) is 15.1 Å². The van der Waals surface area contributed by atoms with Gasteiger partial charge in [-0.3, -0.25) is 9.48 Å².